The van der Waals surface area contributed by atoms with Gasteiger partial charge in [0.15, 0.2) is 0 Å². The Kier molecular flexibility index (Phi) is 5.55. The molecular formula is C19H29N3O. The molecule has 1 aliphatic heterocycles. The van der Waals surface area contributed by atoms with Crippen molar-refractivity contribution >= 4 is 6.03 Å². The van der Waals surface area contributed by atoms with E-state index in [0.29, 0.717) is 12.1 Å². The third-order valence-electron chi connectivity index (χ3n) is 5.36. The van der Waals surface area contributed by atoms with Crippen LogP contribution in [0.4, 0.5) is 4.79 Å². The monoisotopic (exact) mass is 315 g/mol. The summed E-state index contributed by atoms with van der Waals surface area (Å²) < 4.78 is 0. The molecule has 2 aliphatic rings. The Balaban J connectivity index is 1.47. The molecule has 1 heterocycles. The average molecular weight is 315 g/mol. The third kappa shape index (κ3) is 4.25. The topological polar surface area (TPSA) is 35.6 Å². The first-order chi connectivity index (χ1) is 11.2. The van der Waals surface area contributed by atoms with Crippen LogP contribution >= 0.6 is 0 Å². The number of benzene rings is 1. The molecule has 1 saturated carbocycles. The van der Waals surface area contributed by atoms with Gasteiger partial charge in [0.05, 0.1) is 0 Å². The lowest BCUT2D eigenvalue weighted by Gasteiger charge is -2.39. The zero-order chi connectivity index (χ0) is 16.1. The van der Waals surface area contributed by atoms with Gasteiger partial charge >= 0.3 is 6.03 Å². The molecule has 3 rings (SSSR count). The maximum absolute atomic E-state index is 12.4. The van der Waals surface area contributed by atoms with Crippen LogP contribution < -0.4 is 5.32 Å². The second kappa shape index (κ2) is 7.82. The van der Waals surface area contributed by atoms with Crippen molar-refractivity contribution in [2.75, 3.05) is 26.2 Å². The van der Waals surface area contributed by atoms with Gasteiger partial charge in [-0.1, -0.05) is 49.6 Å². The molecule has 4 heteroatoms. The van der Waals surface area contributed by atoms with Gasteiger partial charge in [0.25, 0.3) is 0 Å². The first kappa shape index (κ1) is 16.3. The molecule has 1 unspecified atom stereocenters. The first-order valence-corrected chi connectivity index (χ1v) is 9.08. The predicted octanol–water partition coefficient (Wildman–Crippen LogP) is 3.41. The zero-order valence-corrected chi connectivity index (χ0v) is 14.2. The van der Waals surface area contributed by atoms with Gasteiger partial charge in [0.2, 0.25) is 0 Å². The van der Waals surface area contributed by atoms with Gasteiger partial charge in [-0.25, -0.2) is 4.79 Å². The number of carbonyl (C=O) groups excluding carboxylic acids is 1. The van der Waals surface area contributed by atoms with E-state index in [2.05, 4.69) is 47.5 Å². The van der Waals surface area contributed by atoms with Crippen molar-refractivity contribution in [1.82, 2.24) is 15.1 Å². The fraction of sp³-hybridized carbons (Fsp3) is 0.632. The summed E-state index contributed by atoms with van der Waals surface area (Å²) in [5.74, 6) is 0. The Hall–Kier alpha value is -1.55. The summed E-state index contributed by atoms with van der Waals surface area (Å²) in [5.41, 5.74) is 1.35. The van der Waals surface area contributed by atoms with Gasteiger partial charge in [-0.3, -0.25) is 4.90 Å². The minimum Gasteiger partial charge on any atom is -0.335 e. The molecule has 0 bridgehead atoms. The lowest BCUT2D eigenvalue weighted by molar-refractivity contribution is 0.111. The normalized spacial score (nSPS) is 21.9. The van der Waals surface area contributed by atoms with Gasteiger partial charge in [0, 0.05) is 38.3 Å². The fourth-order valence-electron chi connectivity index (χ4n) is 3.77. The van der Waals surface area contributed by atoms with Gasteiger partial charge in [-0.05, 0) is 25.3 Å². The average Bonchev–Trinajstić information content (AvgIpc) is 2.63. The Morgan fingerprint density at radius 3 is 2.35 bits per heavy atom. The minimum absolute atomic E-state index is 0.143. The quantitative estimate of drug-likeness (QED) is 0.928. The van der Waals surface area contributed by atoms with E-state index in [1.54, 1.807) is 0 Å². The summed E-state index contributed by atoms with van der Waals surface area (Å²) in [4.78, 5) is 16.9. The van der Waals surface area contributed by atoms with E-state index < -0.39 is 0 Å². The van der Waals surface area contributed by atoms with Crippen molar-refractivity contribution < 1.29 is 4.79 Å². The van der Waals surface area contributed by atoms with Crippen LogP contribution in [0.1, 0.15) is 50.6 Å². The molecule has 0 spiro atoms. The molecule has 0 radical (unpaired) electrons. The zero-order valence-electron chi connectivity index (χ0n) is 14.2. The van der Waals surface area contributed by atoms with Crippen LogP contribution in [0.3, 0.4) is 0 Å². The summed E-state index contributed by atoms with van der Waals surface area (Å²) in [6.45, 7) is 5.82. The first-order valence-electron chi connectivity index (χ1n) is 9.08. The lowest BCUT2D eigenvalue weighted by atomic mass is 9.96. The third-order valence-corrected chi connectivity index (χ3v) is 5.36. The molecule has 4 nitrogen and oxygen atoms in total. The van der Waals surface area contributed by atoms with Crippen molar-refractivity contribution in [3.63, 3.8) is 0 Å². The van der Waals surface area contributed by atoms with E-state index >= 15 is 0 Å². The van der Waals surface area contributed by atoms with Gasteiger partial charge in [-0.2, -0.15) is 0 Å². The van der Waals surface area contributed by atoms with E-state index in [1.165, 1.54) is 24.8 Å². The number of urea groups is 1. The molecule has 2 amide bonds. The SMILES string of the molecule is CC(c1ccccc1)N1CCN(C(=O)NC2CCCCC2)CC1. The van der Waals surface area contributed by atoms with Crippen molar-refractivity contribution in [2.45, 2.75) is 51.1 Å². The van der Waals surface area contributed by atoms with Crippen molar-refractivity contribution in [3.05, 3.63) is 35.9 Å². The molecule has 1 aromatic carbocycles. The summed E-state index contributed by atoms with van der Waals surface area (Å²) in [6.07, 6.45) is 6.14. The standard InChI is InChI=1S/C19H29N3O/c1-16(17-8-4-2-5-9-17)21-12-14-22(15-13-21)19(23)20-18-10-6-3-7-11-18/h2,4-5,8-9,16,18H,3,6-7,10-15H2,1H3,(H,20,23). The van der Waals surface area contributed by atoms with E-state index in [1.807, 2.05) is 4.90 Å². The van der Waals surface area contributed by atoms with Crippen LogP contribution in [0.25, 0.3) is 0 Å². The second-order valence-electron chi connectivity index (χ2n) is 6.89. The van der Waals surface area contributed by atoms with E-state index in [9.17, 15) is 4.79 Å². The highest BCUT2D eigenvalue weighted by Crippen LogP contribution is 2.22. The predicted molar refractivity (Wildman–Crippen MR) is 93.4 cm³/mol. The highest BCUT2D eigenvalue weighted by molar-refractivity contribution is 5.74. The van der Waals surface area contributed by atoms with Crippen molar-refractivity contribution in [2.24, 2.45) is 0 Å². The molecule has 126 valence electrons. The van der Waals surface area contributed by atoms with Gasteiger partial charge in [-0.15, -0.1) is 0 Å². The number of amides is 2. The van der Waals surface area contributed by atoms with Crippen LogP contribution in [0.5, 0.6) is 0 Å². The Morgan fingerprint density at radius 2 is 1.70 bits per heavy atom. The molecule has 23 heavy (non-hydrogen) atoms. The Bertz CT molecular complexity index is 491. The van der Waals surface area contributed by atoms with Gasteiger partial charge in [0.1, 0.15) is 0 Å². The Morgan fingerprint density at radius 1 is 1.04 bits per heavy atom. The Labute approximate surface area is 139 Å². The smallest absolute Gasteiger partial charge is 0.317 e. The summed E-state index contributed by atoms with van der Waals surface area (Å²) >= 11 is 0. The highest BCUT2D eigenvalue weighted by atomic mass is 16.2. The summed E-state index contributed by atoms with van der Waals surface area (Å²) in [6, 6.07) is 11.6. The molecule has 1 saturated heterocycles. The molecule has 1 N–H and O–H groups in total. The lowest BCUT2D eigenvalue weighted by Crippen LogP contribution is -2.53. The molecular weight excluding hydrogens is 286 g/mol. The van der Waals surface area contributed by atoms with Crippen LogP contribution in [0, 0.1) is 0 Å². The van der Waals surface area contributed by atoms with E-state index in [4.69, 9.17) is 0 Å². The number of nitrogens with zero attached hydrogens (tertiary/aromatic N) is 2. The van der Waals surface area contributed by atoms with Crippen molar-refractivity contribution in [1.29, 1.82) is 0 Å². The molecule has 0 aromatic heterocycles. The minimum atomic E-state index is 0.143. The number of hydrogen-bond donors (Lipinski definition) is 1. The number of hydrogen-bond acceptors (Lipinski definition) is 2. The molecule has 1 aromatic rings. The molecule has 1 aliphatic carbocycles. The van der Waals surface area contributed by atoms with Crippen LogP contribution in [-0.2, 0) is 0 Å². The number of nitrogens with one attached hydrogen (secondary N) is 1. The fourth-order valence-corrected chi connectivity index (χ4v) is 3.77. The van der Waals surface area contributed by atoms with Gasteiger partial charge < -0.3 is 10.2 Å². The largest absolute Gasteiger partial charge is 0.335 e. The maximum Gasteiger partial charge on any atom is 0.317 e. The summed E-state index contributed by atoms with van der Waals surface area (Å²) in [5, 5.41) is 3.23. The molecule has 2 fully saturated rings. The summed E-state index contributed by atoms with van der Waals surface area (Å²) in [7, 11) is 0. The van der Waals surface area contributed by atoms with Crippen LogP contribution in [-0.4, -0.2) is 48.1 Å². The number of piperazine rings is 1. The van der Waals surface area contributed by atoms with E-state index in [0.717, 1.165) is 39.0 Å². The maximum atomic E-state index is 12.4. The van der Waals surface area contributed by atoms with Crippen LogP contribution in [0.15, 0.2) is 30.3 Å². The molecule has 1 atom stereocenters. The van der Waals surface area contributed by atoms with E-state index in [-0.39, 0.29) is 6.03 Å². The second-order valence-corrected chi connectivity index (χ2v) is 6.89. The highest BCUT2D eigenvalue weighted by Gasteiger charge is 2.26. The number of rotatable bonds is 3. The number of carbonyl (C=O) groups is 1. The van der Waals surface area contributed by atoms with Crippen molar-refractivity contribution in [3.8, 4) is 0 Å². The van der Waals surface area contributed by atoms with Crippen LogP contribution in [0.2, 0.25) is 0 Å².